The highest BCUT2D eigenvalue weighted by Crippen LogP contribution is 2.00. The predicted molar refractivity (Wildman–Crippen MR) is 36.7 cm³/mol. The minimum atomic E-state index is -0.442. The summed E-state index contributed by atoms with van der Waals surface area (Å²) in [5.74, 6) is 0.265. The number of amides is 2. The zero-order chi connectivity index (χ0) is 6.85. The highest BCUT2D eigenvalue weighted by atomic mass is 35.5. The van der Waals surface area contributed by atoms with E-state index in [-0.39, 0.29) is 5.88 Å². The van der Waals surface area contributed by atoms with Crippen molar-refractivity contribution in [1.82, 2.24) is 0 Å². The summed E-state index contributed by atoms with van der Waals surface area (Å²) in [7, 11) is 0. The molecule has 1 aliphatic rings. The monoisotopic (exact) mass is 144 g/mol. The third kappa shape index (κ3) is 1.16. The van der Waals surface area contributed by atoms with Crippen molar-refractivity contribution in [2.75, 3.05) is 5.88 Å². The Kier molecular flexibility index (Phi) is 1.62. The van der Waals surface area contributed by atoms with Gasteiger partial charge in [-0.1, -0.05) is 0 Å². The Balaban J connectivity index is 2.87. The van der Waals surface area contributed by atoms with Gasteiger partial charge < -0.3 is 0 Å². The second-order valence-electron chi connectivity index (χ2n) is 1.67. The standard InChI is InChI=1S/C5H5ClN2O/c1-3-4(2-6)8-5(9)7-3/h2H2,1H3. The number of rotatable bonds is 1. The van der Waals surface area contributed by atoms with Crippen LogP contribution in [0.1, 0.15) is 6.92 Å². The molecular formula is C5H5ClN2O. The number of carbonyl (C=O) groups excluding carboxylic acids is 1. The Labute approximate surface area is 57.4 Å². The van der Waals surface area contributed by atoms with Gasteiger partial charge in [0.1, 0.15) is 0 Å². The molecule has 1 rings (SSSR count). The SMILES string of the molecule is CC1=NC(=O)N=C1CCl. The van der Waals surface area contributed by atoms with Crippen molar-refractivity contribution in [3.05, 3.63) is 0 Å². The molecule has 0 saturated heterocycles. The maximum atomic E-state index is 10.4. The molecular weight excluding hydrogens is 140 g/mol. The number of hydrogen-bond acceptors (Lipinski definition) is 1. The summed E-state index contributed by atoms with van der Waals surface area (Å²) in [5, 5.41) is 0. The number of carbonyl (C=O) groups is 1. The van der Waals surface area contributed by atoms with Crippen LogP contribution in [-0.4, -0.2) is 23.3 Å². The fourth-order valence-corrected chi connectivity index (χ4v) is 0.809. The molecule has 0 fully saturated rings. The van der Waals surface area contributed by atoms with Crippen molar-refractivity contribution in [3.8, 4) is 0 Å². The molecule has 0 aromatic carbocycles. The van der Waals surface area contributed by atoms with Crippen LogP contribution in [0.3, 0.4) is 0 Å². The van der Waals surface area contributed by atoms with Crippen LogP contribution in [0, 0.1) is 0 Å². The molecule has 4 heteroatoms. The zero-order valence-electron chi connectivity index (χ0n) is 4.89. The first-order valence-corrected chi connectivity index (χ1v) is 3.00. The van der Waals surface area contributed by atoms with Crippen LogP contribution in [0.5, 0.6) is 0 Å². The molecule has 0 aliphatic carbocycles. The van der Waals surface area contributed by atoms with Gasteiger partial charge in [0.25, 0.3) is 0 Å². The van der Waals surface area contributed by atoms with E-state index in [0.717, 1.165) is 0 Å². The number of urea groups is 1. The molecule has 0 bridgehead atoms. The molecule has 0 spiro atoms. The van der Waals surface area contributed by atoms with E-state index < -0.39 is 6.03 Å². The van der Waals surface area contributed by atoms with Crippen molar-refractivity contribution in [2.24, 2.45) is 9.98 Å². The molecule has 1 heterocycles. The predicted octanol–water partition coefficient (Wildman–Crippen LogP) is 1.26. The van der Waals surface area contributed by atoms with Crippen molar-refractivity contribution < 1.29 is 4.79 Å². The topological polar surface area (TPSA) is 41.8 Å². The van der Waals surface area contributed by atoms with Crippen molar-refractivity contribution in [1.29, 1.82) is 0 Å². The van der Waals surface area contributed by atoms with Gasteiger partial charge in [0.05, 0.1) is 17.3 Å². The average Bonchev–Trinajstić information content (AvgIpc) is 2.10. The molecule has 2 amide bonds. The molecule has 0 radical (unpaired) electrons. The number of hydrogen-bond donors (Lipinski definition) is 0. The van der Waals surface area contributed by atoms with Gasteiger partial charge in [-0.2, -0.15) is 9.98 Å². The lowest BCUT2D eigenvalue weighted by Gasteiger charge is -1.87. The fraction of sp³-hybridized carbons (Fsp3) is 0.400. The summed E-state index contributed by atoms with van der Waals surface area (Å²) in [6.07, 6.45) is 0. The summed E-state index contributed by atoms with van der Waals surface area (Å²) in [5.41, 5.74) is 1.22. The van der Waals surface area contributed by atoms with E-state index >= 15 is 0 Å². The van der Waals surface area contributed by atoms with E-state index in [2.05, 4.69) is 9.98 Å². The summed E-state index contributed by atoms with van der Waals surface area (Å²) < 4.78 is 0. The number of alkyl halides is 1. The molecule has 48 valence electrons. The van der Waals surface area contributed by atoms with Gasteiger partial charge in [-0.25, -0.2) is 4.79 Å². The van der Waals surface area contributed by atoms with Crippen LogP contribution >= 0.6 is 11.6 Å². The van der Waals surface area contributed by atoms with E-state index in [1.807, 2.05) is 0 Å². The lowest BCUT2D eigenvalue weighted by atomic mass is 10.3. The molecule has 3 nitrogen and oxygen atoms in total. The first-order chi connectivity index (χ1) is 4.24. The second kappa shape index (κ2) is 2.27. The van der Waals surface area contributed by atoms with Gasteiger partial charge in [-0.15, -0.1) is 11.6 Å². The van der Waals surface area contributed by atoms with Crippen LogP contribution < -0.4 is 0 Å². The lowest BCUT2D eigenvalue weighted by Crippen LogP contribution is -2.07. The molecule has 9 heavy (non-hydrogen) atoms. The van der Waals surface area contributed by atoms with E-state index in [1.54, 1.807) is 6.92 Å². The molecule has 1 aliphatic heterocycles. The van der Waals surface area contributed by atoms with E-state index in [9.17, 15) is 4.79 Å². The molecule has 0 atom stereocenters. The first kappa shape index (κ1) is 6.42. The molecule has 0 aromatic heterocycles. The van der Waals surface area contributed by atoms with Gasteiger partial charge in [-0.05, 0) is 6.92 Å². The quantitative estimate of drug-likeness (QED) is 0.511. The van der Waals surface area contributed by atoms with Crippen molar-refractivity contribution in [2.45, 2.75) is 6.92 Å². The summed E-state index contributed by atoms with van der Waals surface area (Å²) in [4.78, 5) is 17.5. The normalized spacial score (nSPS) is 17.8. The fourth-order valence-electron chi connectivity index (χ4n) is 0.556. The highest BCUT2D eigenvalue weighted by molar-refractivity contribution is 6.54. The van der Waals surface area contributed by atoms with E-state index in [4.69, 9.17) is 11.6 Å². The first-order valence-electron chi connectivity index (χ1n) is 2.47. The van der Waals surface area contributed by atoms with Gasteiger partial charge in [0.2, 0.25) is 0 Å². The lowest BCUT2D eigenvalue weighted by molar-refractivity contribution is 0.257. The van der Waals surface area contributed by atoms with Gasteiger partial charge >= 0.3 is 6.03 Å². The second-order valence-corrected chi connectivity index (χ2v) is 1.94. The average molecular weight is 145 g/mol. The minimum Gasteiger partial charge on any atom is -0.244 e. The van der Waals surface area contributed by atoms with Crippen LogP contribution in [0.4, 0.5) is 4.79 Å². The van der Waals surface area contributed by atoms with Crippen LogP contribution in [-0.2, 0) is 0 Å². The van der Waals surface area contributed by atoms with Crippen molar-refractivity contribution >= 4 is 29.1 Å². The summed E-state index contributed by atoms with van der Waals surface area (Å²) >= 11 is 5.40. The molecule has 0 N–H and O–H groups in total. The summed E-state index contributed by atoms with van der Waals surface area (Å²) in [6, 6.07) is -0.442. The van der Waals surface area contributed by atoms with Crippen molar-refractivity contribution in [3.63, 3.8) is 0 Å². The van der Waals surface area contributed by atoms with Crippen LogP contribution in [0.2, 0.25) is 0 Å². The Morgan fingerprint density at radius 3 is 2.44 bits per heavy atom. The Morgan fingerprint density at radius 1 is 1.56 bits per heavy atom. The molecule has 0 unspecified atom stereocenters. The molecule has 0 saturated carbocycles. The molecule has 0 aromatic rings. The Morgan fingerprint density at radius 2 is 2.22 bits per heavy atom. The van der Waals surface area contributed by atoms with E-state index in [1.165, 1.54) is 0 Å². The van der Waals surface area contributed by atoms with Crippen LogP contribution in [0.25, 0.3) is 0 Å². The number of nitrogens with zero attached hydrogens (tertiary/aromatic N) is 2. The third-order valence-electron chi connectivity index (χ3n) is 1.04. The van der Waals surface area contributed by atoms with E-state index in [0.29, 0.717) is 11.4 Å². The highest BCUT2D eigenvalue weighted by Gasteiger charge is 2.12. The van der Waals surface area contributed by atoms with Crippen LogP contribution in [0.15, 0.2) is 9.98 Å². The summed E-state index contributed by atoms with van der Waals surface area (Å²) in [6.45, 7) is 1.71. The van der Waals surface area contributed by atoms with Gasteiger partial charge in [0.15, 0.2) is 0 Å². The minimum absolute atomic E-state index is 0.265. The third-order valence-corrected chi connectivity index (χ3v) is 1.29. The largest absolute Gasteiger partial charge is 0.367 e. The maximum Gasteiger partial charge on any atom is 0.367 e. The Bertz CT molecular complexity index is 207. The number of aliphatic imine (C=N–C) groups is 2. The zero-order valence-corrected chi connectivity index (χ0v) is 5.64. The Hall–Kier alpha value is -0.700. The smallest absolute Gasteiger partial charge is 0.244 e. The van der Waals surface area contributed by atoms with Gasteiger partial charge in [0, 0.05) is 0 Å². The van der Waals surface area contributed by atoms with Gasteiger partial charge in [-0.3, -0.25) is 0 Å². The maximum absolute atomic E-state index is 10.4. The number of halogens is 1.